The Morgan fingerprint density at radius 1 is 1.22 bits per heavy atom. The second kappa shape index (κ2) is 9.77. The van der Waals surface area contributed by atoms with Gasteiger partial charge in [0.05, 0.1) is 30.1 Å². The fraction of sp³-hybridized carbons (Fsp3) is 0.211. The number of carbonyl (C=O) groups excluding carboxylic acids is 1. The molecule has 2 amide bonds. The van der Waals surface area contributed by atoms with Crippen LogP contribution in [0, 0.1) is 0 Å². The van der Waals surface area contributed by atoms with Crippen LogP contribution in [-0.2, 0) is 13.0 Å². The normalized spacial score (nSPS) is 10.9. The van der Waals surface area contributed by atoms with Crippen LogP contribution >= 0.6 is 22.9 Å². The molecule has 4 aromatic rings. The Morgan fingerprint density at radius 3 is 2.91 bits per heavy atom. The molecule has 0 unspecified atom stereocenters. The van der Waals surface area contributed by atoms with E-state index in [1.165, 1.54) is 17.7 Å². The number of amides is 2. The van der Waals surface area contributed by atoms with Gasteiger partial charge >= 0.3 is 6.03 Å². The first kappa shape index (κ1) is 21.7. The number of nitrogens with two attached hydrogens (primary N) is 1. The smallest absolute Gasteiger partial charge is 0.325 e. The molecule has 1 aromatic carbocycles. The van der Waals surface area contributed by atoms with Crippen LogP contribution in [0.15, 0.2) is 36.9 Å². The number of aliphatic hydroxyl groups excluding tert-OH is 1. The minimum Gasteiger partial charge on any atom is -0.398 e. The summed E-state index contributed by atoms with van der Waals surface area (Å²) in [5.41, 5.74) is 8.08. The molecule has 0 aliphatic heterocycles. The van der Waals surface area contributed by atoms with E-state index in [1.54, 1.807) is 35.3 Å². The number of aliphatic hydroxyl groups is 1. The number of nitrogens with one attached hydrogen (secondary N) is 3. The Balaban J connectivity index is 1.32. The van der Waals surface area contributed by atoms with Crippen LogP contribution in [0.3, 0.4) is 0 Å². The molecule has 0 spiro atoms. The maximum Gasteiger partial charge on any atom is 0.325 e. The van der Waals surface area contributed by atoms with Gasteiger partial charge in [-0.05, 0) is 18.2 Å². The average molecular weight is 474 g/mol. The summed E-state index contributed by atoms with van der Waals surface area (Å²) in [5.74, 6) is 0.644. The zero-order chi connectivity index (χ0) is 22.5. The van der Waals surface area contributed by atoms with E-state index in [9.17, 15) is 9.90 Å². The minimum absolute atomic E-state index is 0.0271. The van der Waals surface area contributed by atoms with Crippen molar-refractivity contribution in [1.29, 1.82) is 0 Å². The van der Waals surface area contributed by atoms with Gasteiger partial charge in [0.2, 0.25) is 0 Å². The van der Waals surface area contributed by atoms with Gasteiger partial charge in [0.15, 0.2) is 10.9 Å². The van der Waals surface area contributed by atoms with E-state index in [0.717, 1.165) is 10.4 Å². The molecule has 0 aliphatic carbocycles. The lowest BCUT2D eigenvalue weighted by Crippen LogP contribution is -2.19. The molecule has 32 heavy (non-hydrogen) atoms. The number of carbonyl (C=O) groups is 1. The van der Waals surface area contributed by atoms with Crippen LogP contribution in [0.1, 0.15) is 4.88 Å². The number of urea groups is 1. The summed E-state index contributed by atoms with van der Waals surface area (Å²) in [7, 11) is 0. The lowest BCUT2D eigenvalue weighted by atomic mass is 10.3. The van der Waals surface area contributed by atoms with Crippen LogP contribution in [0.4, 0.5) is 27.1 Å². The fourth-order valence-electron chi connectivity index (χ4n) is 2.97. The highest BCUT2D eigenvalue weighted by Gasteiger charge is 2.11. The first-order valence-electron chi connectivity index (χ1n) is 9.62. The molecule has 0 atom stereocenters. The quantitative estimate of drug-likeness (QED) is 0.244. The van der Waals surface area contributed by atoms with Crippen molar-refractivity contribution in [1.82, 2.24) is 24.7 Å². The number of nitrogen functional groups attached to an aromatic ring is 1. The fourth-order valence-corrected chi connectivity index (χ4v) is 3.95. The first-order valence-corrected chi connectivity index (χ1v) is 10.8. The van der Waals surface area contributed by atoms with Crippen LogP contribution < -0.4 is 21.7 Å². The number of nitrogens with zero attached hydrogens (tertiary/aromatic N) is 5. The van der Waals surface area contributed by atoms with Gasteiger partial charge in [-0.25, -0.2) is 19.7 Å². The minimum atomic E-state index is -0.426. The Labute approximate surface area is 191 Å². The largest absolute Gasteiger partial charge is 0.398 e. The molecule has 13 heteroatoms. The average Bonchev–Trinajstić information content (AvgIpc) is 3.38. The number of thiazole rings is 1. The number of halogens is 1. The van der Waals surface area contributed by atoms with Gasteiger partial charge in [0.25, 0.3) is 0 Å². The lowest BCUT2D eigenvalue weighted by molar-refractivity contribution is 0.262. The van der Waals surface area contributed by atoms with Crippen LogP contribution in [-0.4, -0.2) is 49.0 Å². The maximum absolute atomic E-state index is 12.2. The number of aromatic nitrogens is 5. The van der Waals surface area contributed by atoms with E-state index in [0.29, 0.717) is 52.4 Å². The lowest BCUT2D eigenvalue weighted by Gasteiger charge is -2.08. The molecule has 11 nitrogen and oxygen atoms in total. The van der Waals surface area contributed by atoms with E-state index in [2.05, 4.69) is 36.0 Å². The van der Waals surface area contributed by atoms with E-state index in [4.69, 9.17) is 17.3 Å². The third kappa shape index (κ3) is 5.04. The van der Waals surface area contributed by atoms with Crippen molar-refractivity contribution in [3.63, 3.8) is 0 Å². The van der Waals surface area contributed by atoms with E-state index >= 15 is 0 Å². The predicted octanol–water partition coefficient (Wildman–Crippen LogP) is 2.81. The van der Waals surface area contributed by atoms with Gasteiger partial charge in [0.1, 0.15) is 17.4 Å². The van der Waals surface area contributed by atoms with Crippen molar-refractivity contribution < 1.29 is 9.90 Å². The number of rotatable bonds is 8. The van der Waals surface area contributed by atoms with Crippen LogP contribution in [0.2, 0.25) is 5.02 Å². The number of benzene rings is 1. The summed E-state index contributed by atoms with van der Waals surface area (Å²) in [4.78, 5) is 25.9. The van der Waals surface area contributed by atoms with E-state index in [-0.39, 0.29) is 6.61 Å². The van der Waals surface area contributed by atoms with E-state index < -0.39 is 6.03 Å². The molecule has 0 radical (unpaired) electrons. The van der Waals surface area contributed by atoms with Crippen molar-refractivity contribution in [3.8, 4) is 0 Å². The zero-order valence-corrected chi connectivity index (χ0v) is 18.3. The molecule has 166 valence electrons. The third-order valence-electron chi connectivity index (χ3n) is 4.44. The van der Waals surface area contributed by atoms with Gasteiger partial charge < -0.3 is 21.5 Å². The molecule has 4 rings (SSSR count). The molecule has 0 saturated carbocycles. The molecule has 0 saturated heterocycles. The number of fused-ring (bicyclic) bond motifs is 1. The summed E-state index contributed by atoms with van der Waals surface area (Å²) in [6.45, 7) is 0.926. The topological polar surface area (TPSA) is 156 Å². The number of anilines is 4. The summed E-state index contributed by atoms with van der Waals surface area (Å²) in [6, 6.07) is 4.43. The highest BCUT2D eigenvalue weighted by atomic mass is 35.5. The monoisotopic (exact) mass is 473 g/mol. The summed E-state index contributed by atoms with van der Waals surface area (Å²) >= 11 is 7.34. The summed E-state index contributed by atoms with van der Waals surface area (Å²) in [5, 5.41) is 22.9. The molecule has 6 N–H and O–H groups in total. The zero-order valence-electron chi connectivity index (χ0n) is 16.7. The molecular formula is C19H20ClN9O2S. The van der Waals surface area contributed by atoms with E-state index in [1.807, 2.05) is 0 Å². The van der Waals surface area contributed by atoms with Crippen molar-refractivity contribution in [2.75, 3.05) is 34.8 Å². The highest BCUT2D eigenvalue weighted by Crippen LogP contribution is 2.24. The SMILES string of the molecule is Nc1ccc(NC(=O)Nc2ncc(CCNc3ncnc4cnn(CCO)c34)s2)cc1Cl. The predicted molar refractivity (Wildman–Crippen MR) is 125 cm³/mol. The Hall–Kier alpha value is -3.48. The Bertz CT molecular complexity index is 1240. The Kier molecular flexibility index (Phi) is 6.63. The second-order valence-electron chi connectivity index (χ2n) is 6.67. The van der Waals surface area contributed by atoms with Gasteiger partial charge in [-0.3, -0.25) is 10.00 Å². The number of hydrogen-bond acceptors (Lipinski definition) is 9. The van der Waals surface area contributed by atoms with Gasteiger partial charge in [-0.1, -0.05) is 11.6 Å². The van der Waals surface area contributed by atoms with Crippen molar-refractivity contribution in [2.24, 2.45) is 0 Å². The molecule has 0 fully saturated rings. The van der Waals surface area contributed by atoms with Crippen LogP contribution in [0.5, 0.6) is 0 Å². The van der Waals surface area contributed by atoms with Gasteiger partial charge in [0, 0.05) is 29.7 Å². The van der Waals surface area contributed by atoms with Gasteiger partial charge in [-0.2, -0.15) is 5.10 Å². The molecular weight excluding hydrogens is 454 g/mol. The van der Waals surface area contributed by atoms with Gasteiger partial charge in [-0.15, -0.1) is 11.3 Å². The second-order valence-corrected chi connectivity index (χ2v) is 8.19. The molecule has 0 bridgehead atoms. The van der Waals surface area contributed by atoms with Crippen molar-refractivity contribution in [3.05, 3.63) is 46.8 Å². The number of hydrogen-bond donors (Lipinski definition) is 5. The summed E-state index contributed by atoms with van der Waals surface area (Å²) in [6.07, 6.45) is 5.50. The highest BCUT2D eigenvalue weighted by molar-refractivity contribution is 7.15. The third-order valence-corrected chi connectivity index (χ3v) is 5.74. The molecule has 3 heterocycles. The van der Waals surface area contributed by atoms with Crippen LogP contribution in [0.25, 0.3) is 11.0 Å². The Morgan fingerprint density at radius 2 is 2.09 bits per heavy atom. The molecule has 3 aromatic heterocycles. The van der Waals surface area contributed by atoms with Crippen molar-refractivity contribution >= 4 is 62.3 Å². The first-order chi connectivity index (χ1) is 15.5. The summed E-state index contributed by atoms with van der Waals surface area (Å²) < 4.78 is 1.67. The standard InChI is InChI=1S/C19H20ClN9O2S/c20-13-7-11(1-2-14(13)21)27-18(31)28-19-23-8-12(32-19)3-4-22-17-16-15(24-10-25-17)9-26-29(16)5-6-30/h1-2,7-10,30H,3-6,21H2,(H,22,24,25)(H2,23,27,28,31). The maximum atomic E-state index is 12.2. The molecule has 0 aliphatic rings. The van der Waals surface area contributed by atoms with Crippen molar-refractivity contribution in [2.45, 2.75) is 13.0 Å².